The van der Waals surface area contributed by atoms with Crippen molar-refractivity contribution in [2.45, 2.75) is 18.9 Å². The van der Waals surface area contributed by atoms with Crippen LogP contribution in [0.3, 0.4) is 0 Å². The maximum atomic E-state index is 13.8. The van der Waals surface area contributed by atoms with E-state index in [0.717, 1.165) is 12.8 Å². The molecule has 24 heavy (non-hydrogen) atoms. The van der Waals surface area contributed by atoms with Gasteiger partial charge in [-0.3, -0.25) is 9.78 Å². The van der Waals surface area contributed by atoms with Crippen LogP contribution in [0, 0.1) is 5.82 Å². The SMILES string of the molecule is COc1ccc(C(=O)N2CCCC(Oc3cnccn3)C2)cc1F. The Balaban J connectivity index is 1.67. The van der Waals surface area contributed by atoms with Crippen LogP contribution >= 0.6 is 0 Å². The number of aromatic nitrogens is 2. The van der Waals surface area contributed by atoms with E-state index in [9.17, 15) is 9.18 Å². The summed E-state index contributed by atoms with van der Waals surface area (Å²) in [6, 6.07) is 4.23. The lowest BCUT2D eigenvalue weighted by Gasteiger charge is -2.32. The molecule has 1 fully saturated rings. The number of benzene rings is 1. The lowest BCUT2D eigenvalue weighted by molar-refractivity contribution is 0.0526. The van der Waals surface area contributed by atoms with E-state index in [0.29, 0.717) is 24.5 Å². The van der Waals surface area contributed by atoms with E-state index in [4.69, 9.17) is 9.47 Å². The van der Waals surface area contributed by atoms with E-state index in [1.807, 2.05) is 0 Å². The molecule has 0 spiro atoms. The fraction of sp³-hybridized carbons (Fsp3) is 0.353. The highest BCUT2D eigenvalue weighted by molar-refractivity contribution is 5.94. The monoisotopic (exact) mass is 331 g/mol. The molecule has 1 aromatic heterocycles. The number of carbonyl (C=O) groups is 1. The molecule has 1 aliphatic heterocycles. The quantitative estimate of drug-likeness (QED) is 0.860. The Labute approximate surface area is 139 Å². The van der Waals surface area contributed by atoms with Crippen molar-refractivity contribution in [1.82, 2.24) is 14.9 Å². The molecule has 2 aromatic rings. The molecule has 7 heteroatoms. The Bertz CT molecular complexity index is 711. The van der Waals surface area contributed by atoms with Crippen LogP contribution in [-0.4, -0.2) is 47.1 Å². The van der Waals surface area contributed by atoms with Gasteiger partial charge in [0.05, 0.1) is 19.9 Å². The van der Waals surface area contributed by atoms with E-state index in [-0.39, 0.29) is 17.8 Å². The van der Waals surface area contributed by atoms with Gasteiger partial charge in [-0.05, 0) is 31.0 Å². The number of hydrogen-bond donors (Lipinski definition) is 0. The third kappa shape index (κ3) is 3.61. The molecule has 6 nitrogen and oxygen atoms in total. The summed E-state index contributed by atoms with van der Waals surface area (Å²) in [5.41, 5.74) is 0.299. The fourth-order valence-electron chi connectivity index (χ4n) is 2.72. The minimum Gasteiger partial charge on any atom is -0.494 e. The third-order valence-electron chi connectivity index (χ3n) is 3.89. The first-order chi connectivity index (χ1) is 11.7. The number of nitrogens with zero attached hydrogens (tertiary/aromatic N) is 3. The van der Waals surface area contributed by atoms with Crippen LogP contribution < -0.4 is 9.47 Å². The summed E-state index contributed by atoms with van der Waals surface area (Å²) in [5, 5.41) is 0. The van der Waals surface area contributed by atoms with E-state index < -0.39 is 5.82 Å². The van der Waals surface area contributed by atoms with E-state index in [1.165, 1.54) is 19.2 Å². The van der Waals surface area contributed by atoms with Crippen LogP contribution in [-0.2, 0) is 0 Å². The molecule has 1 aliphatic rings. The molecule has 1 amide bonds. The van der Waals surface area contributed by atoms with E-state index >= 15 is 0 Å². The number of ether oxygens (including phenoxy) is 2. The van der Waals surface area contributed by atoms with Gasteiger partial charge >= 0.3 is 0 Å². The first-order valence-corrected chi connectivity index (χ1v) is 7.73. The first kappa shape index (κ1) is 16.2. The van der Waals surface area contributed by atoms with Crippen molar-refractivity contribution in [3.8, 4) is 11.6 Å². The van der Waals surface area contributed by atoms with Gasteiger partial charge in [-0.1, -0.05) is 0 Å². The topological polar surface area (TPSA) is 64.5 Å². The maximum absolute atomic E-state index is 13.8. The number of carbonyl (C=O) groups excluding carboxylic acids is 1. The standard InChI is InChI=1S/C17H18FN3O3/c1-23-15-5-4-12(9-14(15)18)17(22)21-8-2-3-13(11-21)24-16-10-19-6-7-20-16/h4-7,9-10,13H,2-3,8,11H2,1H3. The molecule has 1 saturated heterocycles. The molecule has 0 saturated carbocycles. The van der Waals surface area contributed by atoms with Gasteiger partial charge in [-0.15, -0.1) is 0 Å². The van der Waals surface area contributed by atoms with Crippen LogP contribution in [0.15, 0.2) is 36.8 Å². The number of rotatable bonds is 4. The summed E-state index contributed by atoms with van der Waals surface area (Å²) >= 11 is 0. The van der Waals surface area contributed by atoms with Crippen molar-refractivity contribution in [1.29, 1.82) is 0 Å². The predicted molar refractivity (Wildman–Crippen MR) is 84.5 cm³/mol. The Morgan fingerprint density at radius 2 is 2.25 bits per heavy atom. The molecular weight excluding hydrogens is 313 g/mol. The second kappa shape index (κ2) is 7.25. The minimum absolute atomic E-state index is 0.119. The van der Waals surface area contributed by atoms with Crippen LogP contribution in [0.25, 0.3) is 0 Å². The van der Waals surface area contributed by atoms with Gasteiger partial charge in [0.1, 0.15) is 6.10 Å². The number of methoxy groups -OCH3 is 1. The van der Waals surface area contributed by atoms with Gasteiger partial charge in [0.25, 0.3) is 5.91 Å². The summed E-state index contributed by atoms with van der Waals surface area (Å²) in [5.74, 6) is -0.210. The lowest BCUT2D eigenvalue weighted by atomic mass is 10.1. The van der Waals surface area contributed by atoms with Crippen molar-refractivity contribution in [3.63, 3.8) is 0 Å². The zero-order chi connectivity index (χ0) is 16.9. The summed E-state index contributed by atoms with van der Waals surface area (Å²) in [6.07, 6.45) is 6.16. The predicted octanol–water partition coefficient (Wildman–Crippen LogP) is 2.31. The molecule has 3 rings (SSSR count). The zero-order valence-electron chi connectivity index (χ0n) is 13.3. The Kier molecular flexibility index (Phi) is 4.88. The van der Waals surface area contributed by atoms with Crippen molar-refractivity contribution >= 4 is 5.91 Å². The maximum Gasteiger partial charge on any atom is 0.254 e. The number of likely N-dealkylation sites (tertiary alicyclic amines) is 1. The molecule has 126 valence electrons. The van der Waals surface area contributed by atoms with Gasteiger partial charge in [0.15, 0.2) is 11.6 Å². The van der Waals surface area contributed by atoms with Crippen LogP contribution in [0.4, 0.5) is 4.39 Å². The molecule has 0 N–H and O–H groups in total. The molecule has 1 atom stereocenters. The second-order valence-electron chi connectivity index (χ2n) is 5.53. The van der Waals surface area contributed by atoms with Gasteiger partial charge in [-0.25, -0.2) is 9.37 Å². The molecule has 0 radical (unpaired) electrons. The summed E-state index contributed by atoms with van der Waals surface area (Å²) in [4.78, 5) is 22.3. The van der Waals surface area contributed by atoms with Crippen LogP contribution in [0.5, 0.6) is 11.6 Å². The zero-order valence-corrected chi connectivity index (χ0v) is 13.3. The number of piperidine rings is 1. The number of hydrogen-bond acceptors (Lipinski definition) is 5. The molecule has 1 unspecified atom stereocenters. The van der Waals surface area contributed by atoms with Crippen molar-refractivity contribution in [2.75, 3.05) is 20.2 Å². The van der Waals surface area contributed by atoms with Crippen molar-refractivity contribution < 1.29 is 18.7 Å². The van der Waals surface area contributed by atoms with E-state index in [1.54, 1.807) is 29.6 Å². The number of halogens is 1. The smallest absolute Gasteiger partial charge is 0.254 e. The molecule has 0 aliphatic carbocycles. The highest BCUT2D eigenvalue weighted by Crippen LogP contribution is 2.21. The lowest BCUT2D eigenvalue weighted by Crippen LogP contribution is -2.44. The fourth-order valence-corrected chi connectivity index (χ4v) is 2.72. The van der Waals surface area contributed by atoms with Gasteiger partial charge < -0.3 is 14.4 Å². The summed E-state index contributed by atoms with van der Waals surface area (Å²) in [7, 11) is 1.39. The third-order valence-corrected chi connectivity index (χ3v) is 3.89. The van der Waals surface area contributed by atoms with Gasteiger partial charge in [-0.2, -0.15) is 0 Å². The van der Waals surface area contributed by atoms with Gasteiger partial charge in [0, 0.05) is 24.5 Å². The highest BCUT2D eigenvalue weighted by atomic mass is 19.1. The number of amides is 1. The summed E-state index contributed by atoms with van der Waals surface area (Å²) in [6.45, 7) is 1.05. The average molecular weight is 331 g/mol. The largest absolute Gasteiger partial charge is 0.494 e. The molecular formula is C17H18FN3O3. The minimum atomic E-state index is -0.548. The van der Waals surface area contributed by atoms with E-state index in [2.05, 4.69) is 9.97 Å². The second-order valence-corrected chi connectivity index (χ2v) is 5.53. The highest BCUT2D eigenvalue weighted by Gasteiger charge is 2.26. The Morgan fingerprint density at radius 1 is 1.38 bits per heavy atom. The average Bonchev–Trinajstić information content (AvgIpc) is 2.62. The molecule has 2 heterocycles. The van der Waals surface area contributed by atoms with Crippen LogP contribution in [0.2, 0.25) is 0 Å². The Hall–Kier alpha value is -2.70. The molecule has 1 aromatic carbocycles. The van der Waals surface area contributed by atoms with Crippen LogP contribution in [0.1, 0.15) is 23.2 Å². The van der Waals surface area contributed by atoms with Gasteiger partial charge in [0.2, 0.25) is 5.88 Å². The van der Waals surface area contributed by atoms with Crippen molar-refractivity contribution in [2.24, 2.45) is 0 Å². The normalized spacial score (nSPS) is 17.4. The van der Waals surface area contributed by atoms with Crippen molar-refractivity contribution in [3.05, 3.63) is 48.2 Å². The molecule has 0 bridgehead atoms. The first-order valence-electron chi connectivity index (χ1n) is 7.73. The summed E-state index contributed by atoms with van der Waals surface area (Å²) < 4.78 is 24.5. The Morgan fingerprint density at radius 3 is 2.96 bits per heavy atom.